The summed E-state index contributed by atoms with van der Waals surface area (Å²) in [6.45, 7) is 6.30. The van der Waals surface area contributed by atoms with E-state index in [-0.39, 0.29) is 0 Å². The molecule has 0 aliphatic rings. The highest BCUT2D eigenvalue weighted by Gasteiger charge is 2.15. The molecule has 0 amide bonds. The molecule has 5 heteroatoms. The van der Waals surface area contributed by atoms with Crippen molar-refractivity contribution in [2.24, 2.45) is 0 Å². The smallest absolute Gasteiger partial charge is 0.242 e. The summed E-state index contributed by atoms with van der Waals surface area (Å²) in [7, 11) is 0. The van der Waals surface area contributed by atoms with E-state index in [9.17, 15) is 0 Å². The lowest BCUT2D eigenvalue weighted by atomic mass is 10.2. The Labute approximate surface area is 125 Å². The molecular formula is C16H22N4O. The Morgan fingerprint density at radius 2 is 1.90 bits per heavy atom. The van der Waals surface area contributed by atoms with Crippen molar-refractivity contribution >= 4 is 11.5 Å². The Morgan fingerprint density at radius 1 is 1.14 bits per heavy atom. The van der Waals surface area contributed by atoms with Gasteiger partial charge in [-0.05, 0) is 18.9 Å². The van der Waals surface area contributed by atoms with Crippen molar-refractivity contribution in [3.63, 3.8) is 0 Å². The maximum Gasteiger partial charge on any atom is 0.242 e. The van der Waals surface area contributed by atoms with Crippen LogP contribution < -0.4 is 15.4 Å². The fraction of sp³-hybridized carbons (Fsp3) is 0.375. The minimum atomic E-state index is 0.466. The molecule has 2 aromatic rings. The summed E-state index contributed by atoms with van der Waals surface area (Å²) in [5.41, 5.74) is 7.88. The van der Waals surface area contributed by atoms with Crippen LogP contribution in [-0.2, 0) is 6.54 Å². The van der Waals surface area contributed by atoms with Crippen molar-refractivity contribution in [2.75, 3.05) is 23.8 Å². The second-order valence-electron chi connectivity index (χ2n) is 4.76. The first-order valence-electron chi connectivity index (χ1n) is 7.28. The van der Waals surface area contributed by atoms with Crippen LogP contribution >= 0.6 is 0 Å². The summed E-state index contributed by atoms with van der Waals surface area (Å²) in [6.07, 6.45) is 2.42. The van der Waals surface area contributed by atoms with Crippen LogP contribution in [0.5, 0.6) is 5.88 Å². The fourth-order valence-electron chi connectivity index (χ4n) is 2.08. The number of anilines is 2. The summed E-state index contributed by atoms with van der Waals surface area (Å²) in [5.74, 6) is 1.19. The number of hydrogen-bond donors (Lipinski definition) is 1. The second-order valence-corrected chi connectivity index (χ2v) is 4.76. The molecule has 0 saturated heterocycles. The second kappa shape index (κ2) is 7.47. The number of ether oxygens (including phenoxy) is 1. The first-order valence-corrected chi connectivity index (χ1v) is 7.28. The molecule has 21 heavy (non-hydrogen) atoms. The Morgan fingerprint density at radius 3 is 2.57 bits per heavy atom. The third-order valence-electron chi connectivity index (χ3n) is 3.17. The lowest BCUT2D eigenvalue weighted by molar-refractivity contribution is 0.306. The molecular weight excluding hydrogens is 264 g/mol. The number of rotatable bonds is 7. The number of benzene rings is 1. The molecule has 1 aromatic heterocycles. The topological polar surface area (TPSA) is 64.3 Å². The van der Waals surface area contributed by atoms with E-state index in [1.165, 1.54) is 11.9 Å². The monoisotopic (exact) mass is 286 g/mol. The van der Waals surface area contributed by atoms with Gasteiger partial charge < -0.3 is 15.4 Å². The van der Waals surface area contributed by atoms with E-state index < -0.39 is 0 Å². The number of aromatic nitrogens is 2. The summed E-state index contributed by atoms with van der Waals surface area (Å²) < 4.78 is 5.57. The molecule has 0 unspecified atom stereocenters. The highest BCUT2D eigenvalue weighted by atomic mass is 16.5. The molecule has 0 fully saturated rings. The van der Waals surface area contributed by atoms with Crippen molar-refractivity contribution in [3.05, 3.63) is 42.2 Å². The lowest BCUT2D eigenvalue weighted by Gasteiger charge is -2.23. The zero-order valence-corrected chi connectivity index (χ0v) is 12.6. The van der Waals surface area contributed by atoms with Gasteiger partial charge in [-0.25, -0.2) is 4.98 Å². The largest absolute Gasteiger partial charge is 0.476 e. The molecule has 2 rings (SSSR count). The van der Waals surface area contributed by atoms with Gasteiger partial charge in [0.15, 0.2) is 5.82 Å². The summed E-state index contributed by atoms with van der Waals surface area (Å²) in [6, 6.07) is 10.3. The number of nitrogens with two attached hydrogens (primary N) is 1. The van der Waals surface area contributed by atoms with Crippen molar-refractivity contribution in [3.8, 4) is 5.88 Å². The molecule has 0 atom stereocenters. The van der Waals surface area contributed by atoms with Crippen LogP contribution in [-0.4, -0.2) is 23.1 Å². The van der Waals surface area contributed by atoms with Crippen molar-refractivity contribution in [1.29, 1.82) is 0 Å². The summed E-state index contributed by atoms with van der Waals surface area (Å²) in [5, 5.41) is 0. The third-order valence-corrected chi connectivity index (χ3v) is 3.17. The highest BCUT2D eigenvalue weighted by molar-refractivity contribution is 5.67. The zero-order valence-electron chi connectivity index (χ0n) is 12.6. The molecule has 0 saturated carbocycles. The maximum atomic E-state index is 6.16. The van der Waals surface area contributed by atoms with E-state index in [4.69, 9.17) is 10.5 Å². The van der Waals surface area contributed by atoms with E-state index >= 15 is 0 Å². The van der Waals surface area contributed by atoms with Gasteiger partial charge in [0.2, 0.25) is 5.88 Å². The fourth-order valence-corrected chi connectivity index (χ4v) is 2.08. The zero-order chi connectivity index (χ0) is 15.1. The van der Waals surface area contributed by atoms with E-state index in [0.29, 0.717) is 18.2 Å². The Bertz CT molecular complexity index is 559. The van der Waals surface area contributed by atoms with Gasteiger partial charge in [0.05, 0.1) is 6.61 Å². The van der Waals surface area contributed by atoms with Crippen LogP contribution in [0.15, 0.2) is 36.7 Å². The lowest BCUT2D eigenvalue weighted by Crippen LogP contribution is -2.24. The molecule has 5 nitrogen and oxygen atoms in total. The van der Waals surface area contributed by atoms with E-state index in [1.54, 1.807) is 0 Å². The van der Waals surface area contributed by atoms with Crippen LogP contribution in [0.1, 0.15) is 25.8 Å². The molecule has 0 spiro atoms. The average molecular weight is 286 g/mol. The maximum absolute atomic E-state index is 6.16. The third kappa shape index (κ3) is 3.84. The van der Waals surface area contributed by atoms with Crippen LogP contribution in [0.3, 0.4) is 0 Å². The molecule has 0 aliphatic heterocycles. The van der Waals surface area contributed by atoms with E-state index in [0.717, 1.165) is 25.3 Å². The Kier molecular flexibility index (Phi) is 5.37. The van der Waals surface area contributed by atoms with Gasteiger partial charge in [-0.1, -0.05) is 37.3 Å². The SMILES string of the molecule is CCCOc1ncnc(N(CC)Cc2ccccc2)c1N. The van der Waals surface area contributed by atoms with Crippen molar-refractivity contribution in [1.82, 2.24) is 9.97 Å². The predicted octanol–water partition coefficient (Wildman–Crippen LogP) is 2.87. The van der Waals surface area contributed by atoms with E-state index in [2.05, 4.69) is 33.9 Å². The van der Waals surface area contributed by atoms with Gasteiger partial charge in [0, 0.05) is 13.1 Å². The number of nitrogen functional groups attached to an aromatic ring is 1. The Hall–Kier alpha value is -2.30. The molecule has 112 valence electrons. The van der Waals surface area contributed by atoms with Crippen LogP contribution in [0.25, 0.3) is 0 Å². The molecule has 0 bridgehead atoms. The molecule has 2 N–H and O–H groups in total. The molecule has 0 radical (unpaired) electrons. The van der Waals surface area contributed by atoms with E-state index in [1.807, 2.05) is 25.1 Å². The van der Waals surface area contributed by atoms with Crippen molar-refractivity contribution in [2.45, 2.75) is 26.8 Å². The Balaban J connectivity index is 2.21. The molecule has 1 heterocycles. The number of nitrogens with zero attached hydrogens (tertiary/aromatic N) is 3. The normalized spacial score (nSPS) is 10.4. The van der Waals surface area contributed by atoms with Crippen LogP contribution in [0, 0.1) is 0 Å². The molecule has 1 aromatic carbocycles. The standard InChI is InChI=1S/C16H22N4O/c1-3-10-21-16-14(17)15(18-12-19-16)20(4-2)11-13-8-6-5-7-9-13/h5-9,12H,3-4,10-11,17H2,1-2H3. The van der Waals surface area contributed by atoms with Crippen LogP contribution in [0.4, 0.5) is 11.5 Å². The van der Waals surface area contributed by atoms with Gasteiger partial charge in [0.25, 0.3) is 0 Å². The van der Waals surface area contributed by atoms with Crippen molar-refractivity contribution < 1.29 is 4.74 Å². The van der Waals surface area contributed by atoms with Gasteiger partial charge in [-0.15, -0.1) is 0 Å². The highest BCUT2D eigenvalue weighted by Crippen LogP contribution is 2.28. The average Bonchev–Trinajstić information content (AvgIpc) is 2.53. The van der Waals surface area contributed by atoms with Gasteiger partial charge in [0.1, 0.15) is 12.0 Å². The first-order chi connectivity index (χ1) is 10.3. The van der Waals surface area contributed by atoms with Gasteiger partial charge in [-0.3, -0.25) is 0 Å². The predicted molar refractivity (Wildman–Crippen MR) is 85.4 cm³/mol. The van der Waals surface area contributed by atoms with Crippen LogP contribution in [0.2, 0.25) is 0 Å². The minimum absolute atomic E-state index is 0.466. The van der Waals surface area contributed by atoms with Gasteiger partial charge >= 0.3 is 0 Å². The number of hydrogen-bond acceptors (Lipinski definition) is 5. The molecule has 0 aliphatic carbocycles. The summed E-state index contributed by atoms with van der Waals surface area (Å²) >= 11 is 0. The summed E-state index contributed by atoms with van der Waals surface area (Å²) in [4.78, 5) is 10.6. The quantitative estimate of drug-likeness (QED) is 0.848. The van der Waals surface area contributed by atoms with Gasteiger partial charge in [-0.2, -0.15) is 4.98 Å². The minimum Gasteiger partial charge on any atom is -0.476 e. The first kappa shape index (κ1) is 15.1.